The molecule has 0 bridgehead atoms. The Balaban J connectivity index is 3.96. The molecule has 0 aliphatic heterocycles. The number of phosphoric ester groups is 1. The van der Waals surface area contributed by atoms with Crippen LogP contribution in [0.5, 0.6) is 0 Å². The molecule has 95 heavy (non-hydrogen) atoms. The third kappa shape index (κ3) is 77.5. The number of phosphoric acid groups is 1. The third-order valence-electron chi connectivity index (χ3n) is 15.2. The lowest BCUT2D eigenvalue weighted by Gasteiger charge is -2.19. The minimum Gasteiger partial charge on any atom is -0.462 e. The standard InChI is InChI=1S/C85H136NO8P/c1-3-5-7-9-11-13-15-17-19-21-23-25-27-29-31-33-35-37-38-39-40-41-42-43-44-46-47-49-51-53-55-57-59-61-63-65-67-69-71-73-75-77-84(87)91-81-83(82-93-95(89,90)92-80-79-86)94-85(88)78-76-74-72-70-68-66-64-62-60-58-56-54-52-50-48-45-36-34-32-30-28-26-24-22-20-18-16-14-12-10-8-6-4-2/h5-8,11-14,17-20,23-26,29-32,35-37,39-40,45,50,52,56,58,62,64,68,70,83H,3-4,9-10,15-16,21-22,27-28,33-34,38,41-44,46-49,51,53-55,57,59-61,63,65-67,69,71-82,86H2,1-2H3,(H,89,90)/b7-5-,8-6-,13-11-,14-12-,19-17-,20-18-,25-23-,26-24-,31-29-,32-30-,37-35-,40-39-,45-36-,52-50-,58-56-,64-62-,70-68-. The molecular formula is C85H136NO8P. The molecular weight excluding hydrogens is 1190 g/mol. The summed E-state index contributed by atoms with van der Waals surface area (Å²) < 4.78 is 33.2. The van der Waals surface area contributed by atoms with Crippen LogP contribution in [0.3, 0.4) is 0 Å². The van der Waals surface area contributed by atoms with Crippen molar-refractivity contribution in [3.8, 4) is 0 Å². The van der Waals surface area contributed by atoms with Gasteiger partial charge in [-0.05, 0) is 148 Å². The Morgan fingerprint density at radius 2 is 0.547 bits per heavy atom. The Hall–Kier alpha value is -5.41. The minimum atomic E-state index is -4.42. The van der Waals surface area contributed by atoms with E-state index in [0.29, 0.717) is 6.42 Å². The molecule has 2 atom stereocenters. The summed E-state index contributed by atoms with van der Waals surface area (Å²) in [7, 11) is -4.42. The van der Waals surface area contributed by atoms with Gasteiger partial charge in [-0.1, -0.05) is 330 Å². The number of rotatable bonds is 68. The van der Waals surface area contributed by atoms with Crippen molar-refractivity contribution in [2.75, 3.05) is 26.4 Å². The van der Waals surface area contributed by atoms with Crippen LogP contribution in [-0.2, 0) is 32.7 Å². The highest BCUT2D eigenvalue weighted by molar-refractivity contribution is 7.47. The second kappa shape index (κ2) is 77.6. The van der Waals surface area contributed by atoms with E-state index in [0.717, 1.165) is 141 Å². The quantitative estimate of drug-likeness (QED) is 0.0264. The van der Waals surface area contributed by atoms with E-state index in [9.17, 15) is 19.0 Å². The van der Waals surface area contributed by atoms with Gasteiger partial charge in [0.05, 0.1) is 13.2 Å². The number of carbonyl (C=O) groups excluding carboxylic acids is 2. The average molecular weight is 1330 g/mol. The van der Waals surface area contributed by atoms with Crippen molar-refractivity contribution in [1.82, 2.24) is 0 Å². The summed E-state index contributed by atoms with van der Waals surface area (Å²) in [6, 6.07) is 0. The number of hydrogen-bond acceptors (Lipinski definition) is 8. The summed E-state index contributed by atoms with van der Waals surface area (Å²) in [5.74, 6) is -0.886. The van der Waals surface area contributed by atoms with Crippen molar-refractivity contribution in [3.05, 3.63) is 207 Å². The number of ether oxygens (including phenoxy) is 2. The SMILES string of the molecule is CC/C=C\C/C=C\C/C=C\C/C=C\C/C=C\C/C=C\C/C=C\C/C=C\C/C=C\C/C=C\CCCCC(=O)OC(COC(=O)CCCCCCCCCCCCCCCCCCCCC/C=C\C/C=C\C/C=C\C/C=C\C/C=C\C/C=C\C/C=C\CC)COP(=O)(O)OCCN. The molecule has 0 rings (SSSR count). The molecule has 0 amide bonds. The molecule has 9 nitrogen and oxygen atoms in total. The molecule has 0 spiro atoms. The fraction of sp³-hybridized carbons (Fsp3) is 0.576. The zero-order chi connectivity index (χ0) is 68.6. The molecule has 3 N–H and O–H groups in total. The van der Waals surface area contributed by atoms with Crippen molar-refractivity contribution in [3.63, 3.8) is 0 Å². The first-order chi connectivity index (χ1) is 46.8. The number of carbonyl (C=O) groups is 2. The molecule has 0 saturated heterocycles. The van der Waals surface area contributed by atoms with E-state index in [1.165, 1.54) is 109 Å². The van der Waals surface area contributed by atoms with Gasteiger partial charge < -0.3 is 20.1 Å². The fourth-order valence-corrected chi connectivity index (χ4v) is 10.5. The second-order valence-corrected chi connectivity index (χ2v) is 25.5. The molecule has 0 saturated carbocycles. The van der Waals surface area contributed by atoms with E-state index in [4.69, 9.17) is 24.3 Å². The van der Waals surface area contributed by atoms with Gasteiger partial charge in [0.15, 0.2) is 6.10 Å². The van der Waals surface area contributed by atoms with Gasteiger partial charge in [0.1, 0.15) is 6.61 Å². The molecule has 0 aromatic heterocycles. The van der Waals surface area contributed by atoms with Crippen LogP contribution in [0, 0.1) is 0 Å². The minimum absolute atomic E-state index is 0.0369. The lowest BCUT2D eigenvalue weighted by atomic mass is 10.0. The Morgan fingerprint density at radius 3 is 0.832 bits per heavy atom. The Bertz CT molecular complexity index is 2320. The first-order valence-electron chi connectivity index (χ1n) is 37.6. The zero-order valence-corrected chi connectivity index (χ0v) is 61.0. The normalized spacial score (nSPS) is 14.1. The molecule has 0 aromatic rings. The average Bonchev–Trinajstić information content (AvgIpc) is 3.25. The number of hydrogen-bond donors (Lipinski definition) is 2. The van der Waals surface area contributed by atoms with Crippen LogP contribution in [0.4, 0.5) is 0 Å². The first-order valence-corrected chi connectivity index (χ1v) is 39.1. The van der Waals surface area contributed by atoms with Crippen molar-refractivity contribution in [1.29, 1.82) is 0 Å². The van der Waals surface area contributed by atoms with E-state index in [2.05, 4.69) is 220 Å². The van der Waals surface area contributed by atoms with Gasteiger partial charge in [0.25, 0.3) is 0 Å². The summed E-state index contributed by atoms with van der Waals surface area (Å²) in [4.78, 5) is 35.4. The number of esters is 2. The predicted molar refractivity (Wildman–Crippen MR) is 412 cm³/mol. The lowest BCUT2D eigenvalue weighted by Crippen LogP contribution is -2.29. The van der Waals surface area contributed by atoms with Gasteiger partial charge in [-0.3, -0.25) is 18.6 Å². The van der Waals surface area contributed by atoms with Crippen LogP contribution < -0.4 is 5.73 Å². The summed E-state index contributed by atoms with van der Waals surface area (Å²) in [6.45, 7) is 3.46. The van der Waals surface area contributed by atoms with E-state index in [-0.39, 0.29) is 32.6 Å². The second-order valence-electron chi connectivity index (χ2n) is 24.0. The molecule has 0 aliphatic rings. The van der Waals surface area contributed by atoms with Crippen LogP contribution in [0.15, 0.2) is 207 Å². The van der Waals surface area contributed by atoms with Crippen molar-refractivity contribution in [2.45, 2.75) is 290 Å². The van der Waals surface area contributed by atoms with Crippen LogP contribution >= 0.6 is 7.82 Å². The first kappa shape index (κ1) is 89.6. The monoisotopic (exact) mass is 1330 g/mol. The van der Waals surface area contributed by atoms with Crippen LogP contribution in [-0.4, -0.2) is 49.3 Å². The van der Waals surface area contributed by atoms with Gasteiger partial charge in [0, 0.05) is 19.4 Å². The summed E-state index contributed by atoms with van der Waals surface area (Å²) >= 11 is 0. The van der Waals surface area contributed by atoms with Crippen molar-refractivity contribution in [2.24, 2.45) is 5.73 Å². The van der Waals surface area contributed by atoms with Gasteiger partial charge >= 0.3 is 19.8 Å². The lowest BCUT2D eigenvalue weighted by molar-refractivity contribution is -0.161. The molecule has 0 aromatic carbocycles. The van der Waals surface area contributed by atoms with Crippen LogP contribution in [0.2, 0.25) is 0 Å². The highest BCUT2D eigenvalue weighted by Gasteiger charge is 2.26. The highest BCUT2D eigenvalue weighted by atomic mass is 31.2. The molecule has 534 valence electrons. The van der Waals surface area contributed by atoms with Gasteiger partial charge in [0.2, 0.25) is 0 Å². The third-order valence-corrected chi connectivity index (χ3v) is 16.1. The summed E-state index contributed by atoms with van der Waals surface area (Å²) in [6.07, 6.45) is 119. The number of unbranched alkanes of at least 4 members (excludes halogenated alkanes) is 21. The number of nitrogens with two attached hydrogens (primary N) is 1. The van der Waals surface area contributed by atoms with Crippen LogP contribution in [0.25, 0.3) is 0 Å². The van der Waals surface area contributed by atoms with Crippen molar-refractivity contribution >= 4 is 19.8 Å². The Morgan fingerprint density at radius 1 is 0.316 bits per heavy atom. The predicted octanol–water partition coefficient (Wildman–Crippen LogP) is 25.4. The smallest absolute Gasteiger partial charge is 0.462 e. The highest BCUT2D eigenvalue weighted by Crippen LogP contribution is 2.43. The maximum atomic E-state index is 12.8. The van der Waals surface area contributed by atoms with E-state index >= 15 is 0 Å². The van der Waals surface area contributed by atoms with Gasteiger partial charge in [-0.2, -0.15) is 0 Å². The molecule has 10 heteroatoms. The summed E-state index contributed by atoms with van der Waals surface area (Å²) in [5, 5.41) is 0. The summed E-state index contributed by atoms with van der Waals surface area (Å²) in [5.41, 5.74) is 5.40. The topological polar surface area (TPSA) is 134 Å². The molecule has 2 unspecified atom stereocenters. The molecule has 0 aliphatic carbocycles. The maximum absolute atomic E-state index is 12.8. The van der Waals surface area contributed by atoms with E-state index < -0.39 is 32.5 Å². The number of allylic oxidation sites excluding steroid dienone is 34. The zero-order valence-electron chi connectivity index (χ0n) is 60.1. The molecule has 0 heterocycles. The van der Waals surface area contributed by atoms with Crippen molar-refractivity contribution < 1.29 is 37.6 Å². The Kier molecular flexibility index (Phi) is 73.2. The van der Waals surface area contributed by atoms with E-state index in [1.54, 1.807) is 0 Å². The largest absolute Gasteiger partial charge is 0.472 e. The molecule has 0 radical (unpaired) electrons. The fourth-order valence-electron chi connectivity index (χ4n) is 9.70. The van der Waals surface area contributed by atoms with Gasteiger partial charge in [-0.25, -0.2) is 4.57 Å². The Labute approximate surface area is 582 Å². The van der Waals surface area contributed by atoms with E-state index in [1.807, 2.05) is 0 Å². The van der Waals surface area contributed by atoms with Gasteiger partial charge in [-0.15, -0.1) is 0 Å². The maximum Gasteiger partial charge on any atom is 0.472 e. The van der Waals surface area contributed by atoms with Crippen LogP contribution in [0.1, 0.15) is 284 Å². The molecule has 0 fully saturated rings.